The van der Waals surface area contributed by atoms with Gasteiger partial charge < -0.3 is 21.5 Å². The number of esters is 1. The fourth-order valence-corrected chi connectivity index (χ4v) is 1.42. The van der Waals surface area contributed by atoms with Gasteiger partial charge in [0.2, 0.25) is 0 Å². The molecular weight excluding hydrogens is 268 g/mol. The lowest BCUT2D eigenvalue weighted by atomic mass is 10.1. The first-order chi connectivity index (χ1) is 9.56. The number of unbranched alkanes of at least 4 members (excludes halogenated alkanes) is 1. The maximum atomic E-state index is 11.8. The molecule has 6 N–H and O–H groups in total. The average Bonchev–Trinajstić information content (AvgIpc) is 2.45. The van der Waals surface area contributed by atoms with Gasteiger partial charge in [0.1, 0.15) is 18.9 Å². The minimum Gasteiger partial charge on any atom is -0.467 e. The van der Waals surface area contributed by atoms with Crippen molar-refractivity contribution in [2.45, 2.75) is 31.5 Å². The standard InChI is InChI=1S/C11H24N4O5/c1-18-11(17)8(5-3-4-6-12)15-10(16)9(13)14-7-20-19-2/h8-9,14H,3-7,12-13H2,1-2H3,(H,15,16)/t8-,9+/m0/s1. The molecular formula is C11H24N4O5. The van der Waals surface area contributed by atoms with E-state index in [4.69, 9.17) is 11.5 Å². The third kappa shape index (κ3) is 8.02. The summed E-state index contributed by atoms with van der Waals surface area (Å²) in [6.45, 7) is 0.471. The minimum atomic E-state index is -1.02. The monoisotopic (exact) mass is 292 g/mol. The molecule has 0 unspecified atom stereocenters. The van der Waals surface area contributed by atoms with Crippen LogP contribution >= 0.6 is 0 Å². The number of nitrogens with two attached hydrogens (primary N) is 2. The highest BCUT2D eigenvalue weighted by Crippen LogP contribution is 2.02. The summed E-state index contributed by atoms with van der Waals surface area (Å²) in [5.41, 5.74) is 11.0. The van der Waals surface area contributed by atoms with E-state index in [0.717, 1.165) is 6.42 Å². The highest BCUT2D eigenvalue weighted by molar-refractivity contribution is 5.87. The summed E-state index contributed by atoms with van der Waals surface area (Å²) in [7, 11) is 2.59. The van der Waals surface area contributed by atoms with Crippen molar-refractivity contribution in [3.05, 3.63) is 0 Å². The molecule has 0 bridgehead atoms. The molecule has 0 aromatic carbocycles. The minimum absolute atomic E-state index is 0.0544. The Labute approximate surface area is 118 Å². The van der Waals surface area contributed by atoms with Crippen molar-refractivity contribution in [2.75, 3.05) is 27.5 Å². The number of amides is 1. The number of hydrogen-bond donors (Lipinski definition) is 4. The van der Waals surface area contributed by atoms with Gasteiger partial charge in [0.05, 0.1) is 14.2 Å². The van der Waals surface area contributed by atoms with Gasteiger partial charge in [-0.1, -0.05) is 0 Å². The Morgan fingerprint density at radius 2 is 1.95 bits per heavy atom. The molecule has 0 saturated heterocycles. The van der Waals surface area contributed by atoms with Crippen molar-refractivity contribution >= 4 is 11.9 Å². The molecule has 0 aromatic heterocycles. The first-order valence-corrected chi connectivity index (χ1v) is 6.29. The van der Waals surface area contributed by atoms with Crippen LogP contribution in [0.25, 0.3) is 0 Å². The van der Waals surface area contributed by atoms with Crippen molar-refractivity contribution in [2.24, 2.45) is 11.5 Å². The van der Waals surface area contributed by atoms with Crippen LogP contribution in [0.3, 0.4) is 0 Å². The summed E-state index contributed by atoms with van der Waals surface area (Å²) in [6, 6.07) is -0.741. The lowest BCUT2D eigenvalue weighted by Crippen LogP contribution is -2.54. The van der Waals surface area contributed by atoms with Gasteiger partial charge in [0.25, 0.3) is 5.91 Å². The predicted octanol–water partition coefficient (Wildman–Crippen LogP) is -1.82. The SMILES string of the molecule is COOCN[C@@H](N)C(=O)N[C@@H](CCCCN)C(=O)OC. The van der Waals surface area contributed by atoms with Crippen LogP contribution in [0.4, 0.5) is 0 Å². The largest absolute Gasteiger partial charge is 0.467 e. The second-order valence-corrected chi connectivity index (χ2v) is 3.98. The van der Waals surface area contributed by atoms with E-state index in [1.807, 2.05) is 0 Å². The molecule has 9 nitrogen and oxygen atoms in total. The van der Waals surface area contributed by atoms with Crippen molar-refractivity contribution in [3.8, 4) is 0 Å². The summed E-state index contributed by atoms with van der Waals surface area (Å²) < 4.78 is 4.63. The highest BCUT2D eigenvalue weighted by atomic mass is 17.2. The Bertz CT molecular complexity index is 290. The summed E-state index contributed by atoms with van der Waals surface area (Å²) >= 11 is 0. The fourth-order valence-electron chi connectivity index (χ4n) is 1.42. The Morgan fingerprint density at radius 1 is 1.25 bits per heavy atom. The molecule has 0 rings (SSSR count). The topological polar surface area (TPSA) is 138 Å². The summed E-state index contributed by atoms with van der Waals surface area (Å²) in [4.78, 5) is 32.2. The lowest BCUT2D eigenvalue weighted by Gasteiger charge is -2.19. The second-order valence-electron chi connectivity index (χ2n) is 3.98. The van der Waals surface area contributed by atoms with E-state index in [-0.39, 0.29) is 6.73 Å². The molecule has 0 aliphatic carbocycles. The molecule has 0 aromatic rings. The number of ether oxygens (including phenoxy) is 1. The summed E-state index contributed by atoms with van der Waals surface area (Å²) in [6.07, 6.45) is 0.880. The van der Waals surface area contributed by atoms with Gasteiger partial charge in [0, 0.05) is 0 Å². The van der Waals surface area contributed by atoms with Crippen LogP contribution in [0, 0.1) is 0 Å². The Morgan fingerprint density at radius 3 is 2.50 bits per heavy atom. The van der Waals surface area contributed by atoms with Gasteiger partial charge in [-0.2, -0.15) is 0 Å². The highest BCUT2D eigenvalue weighted by Gasteiger charge is 2.23. The maximum absolute atomic E-state index is 11.8. The fraction of sp³-hybridized carbons (Fsp3) is 0.818. The third-order valence-corrected chi connectivity index (χ3v) is 2.51. The molecule has 9 heteroatoms. The van der Waals surface area contributed by atoms with E-state index < -0.39 is 24.1 Å². The average molecular weight is 292 g/mol. The van der Waals surface area contributed by atoms with E-state index in [0.29, 0.717) is 19.4 Å². The van der Waals surface area contributed by atoms with Gasteiger partial charge >= 0.3 is 5.97 Å². The molecule has 1 amide bonds. The van der Waals surface area contributed by atoms with Gasteiger partial charge in [-0.15, -0.1) is 0 Å². The van der Waals surface area contributed by atoms with Crippen LogP contribution in [0.2, 0.25) is 0 Å². The third-order valence-electron chi connectivity index (χ3n) is 2.51. The Kier molecular flexibility index (Phi) is 10.8. The van der Waals surface area contributed by atoms with Gasteiger partial charge in [0.15, 0.2) is 0 Å². The molecule has 0 aliphatic heterocycles. The molecule has 2 atom stereocenters. The van der Waals surface area contributed by atoms with Crippen LogP contribution in [0.5, 0.6) is 0 Å². The maximum Gasteiger partial charge on any atom is 0.328 e. The number of nitrogens with one attached hydrogen (secondary N) is 2. The smallest absolute Gasteiger partial charge is 0.328 e. The number of methoxy groups -OCH3 is 1. The summed E-state index contributed by atoms with van der Waals surface area (Å²) in [5.74, 6) is -1.05. The molecule has 0 heterocycles. The van der Waals surface area contributed by atoms with Crippen LogP contribution in [-0.4, -0.2) is 51.6 Å². The molecule has 118 valence electrons. The Balaban J connectivity index is 4.25. The zero-order chi connectivity index (χ0) is 15.4. The van der Waals surface area contributed by atoms with Crippen molar-refractivity contribution < 1.29 is 24.1 Å². The van der Waals surface area contributed by atoms with Crippen LogP contribution in [0.15, 0.2) is 0 Å². The van der Waals surface area contributed by atoms with E-state index in [1.54, 1.807) is 0 Å². The van der Waals surface area contributed by atoms with Gasteiger partial charge in [-0.3, -0.25) is 10.1 Å². The number of rotatable bonds is 11. The van der Waals surface area contributed by atoms with Gasteiger partial charge in [-0.25, -0.2) is 14.6 Å². The summed E-state index contributed by atoms with van der Waals surface area (Å²) in [5, 5.41) is 5.07. The molecule has 0 aliphatic rings. The number of carbonyl (C=O) groups is 2. The first-order valence-electron chi connectivity index (χ1n) is 6.29. The van der Waals surface area contributed by atoms with E-state index in [9.17, 15) is 9.59 Å². The zero-order valence-electron chi connectivity index (χ0n) is 11.9. The van der Waals surface area contributed by atoms with E-state index in [1.165, 1.54) is 14.2 Å². The molecule has 0 radical (unpaired) electrons. The second kappa shape index (κ2) is 11.6. The van der Waals surface area contributed by atoms with Crippen LogP contribution in [-0.2, 0) is 24.1 Å². The van der Waals surface area contributed by atoms with E-state index in [2.05, 4.69) is 25.1 Å². The van der Waals surface area contributed by atoms with Crippen molar-refractivity contribution in [3.63, 3.8) is 0 Å². The molecule has 0 fully saturated rings. The lowest BCUT2D eigenvalue weighted by molar-refractivity contribution is -0.277. The van der Waals surface area contributed by atoms with Crippen molar-refractivity contribution in [1.82, 2.24) is 10.6 Å². The quantitative estimate of drug-likeness (QED) is 0.115. The Hall–Kier alpha value is -1.26. The van der Waals surface area contributed by atoms with Crippen LogP contribution in [0.1, 0.15) is 19.3 Å². The van der Waals surface area contributed by atoms with Gasteiger partial charge in [-0.05, 0) is 25.8 Å². The molecule has 0 spiro atoms. The van der Waals surface area contributed by atoms with Crippen molar-refractivity contribution in [1.29, 1.82) is 0 Å². The zero-order valence-corrected chi connectivity index (χ0v) is 11.9. The van der Waals surface area contributed by atoms with E-state index >= 15 is 0 Å². The predicted molar refractivity (Wildman–Crippen MR) is 70.9 cm³/mol. The number of hydrogen-bond acceptors (Lipinski definition) is 8. The molecule has 0 saturated carbocycles. The first kappa shape index (κ1) is 18.7. The number of carbonyl (C=O) groups excluding carboxylic acids is 2. The normalized spacial score (nSPS) is 13.6. The van der Waals surface area contributed by atoms with Crippen LogP contribution < -0.4 is 22.1 Å². The molecule has 20 heavy (non-hydrogen) atoms.